The predicted octanol–water partition coefficient (Wildman–Crippen LogP) is 3.44. The van der Waals surface area contributed by atoms with E-state index in [9.17, 15) is 14.9 Å². The first-order valence-electron chi connectivity index (χ1n) is 9.59. The van der Waals surface area contributed by atoms with Crippen molar-refractivity contribution in [1.82, 2.24) is 9.88 Å². The van der Waals surface area contributed by atoms with Crippen molar-refractivity contribution < 1.29 is 14.5 Å². The number of ether oxygens (including phenoxy) is 1. The summed E-state index contributed by atoms with van der Waals surface area (Å²) in [4.78, 5) is 30.5. The van der Waals surface area contributed by atoms with Gasteiger partial charge in [-0.25, -0.2) is 0 Å². The van der Waals surface area contributed by atoms with E-state index in [-0.39, 0.29) is 11.6 Å². The molecule has 1 aliphatic rings. The highest BCUT2D eigenvalue weighted by Gasteiger charge is 2.24. The standard InChI is InChI=1S/C21H22N4O4/c1-2-29-18-8-3-15-13-20(22-19(15)14-18)21(26)24-11-9-23(10-12-24)16-4-6-17(7-5-16)25(27)28/h3-8,13-14,22H,2,9-12H2,1H3. The zero-order valence-corrected chi connectivity index (χ0v) is 16.1. The van der Waals surface area contributed by atoms with Crippen LogP contribution in [-0.2, 0) is 0 Å². The summed E-state index contributed by atoms with van der Waals surface area (Å²) in [5.41, 5.74) is 2.45. The van der Waals surface area contributed by atoms with Crippen LogP contribution in [0.5, 0.6) is 5.75 Å². The maximum Gasteiger partial charge on any atom is 0.270 e. The number of aromatic amines is 1. The second-order valence-corrected chi connectivity index (χ2v) is 6.92. The van der Waals surface area contributed by atoms with E-state index >= 15 is 0 Å². The summed E-state index contributed by atoms with van der Waals surface area (Å²) in [6.07, 6.45) is 0. The minimum atomic E-state index is -0.405. The van der Waals surface area contributed by atoms with E-state index in [1.165, 1.54) is 12.1 Å². The molecule has 1 amide bonds. The van der Waals surface area contributed by atoms with E-state index < -0.39 is 4.92 Å². The molecule has 0 saturated carbocycles. The molecule has 1 aromatic heterocycles. The first-order valence-corrected chi connectivity index (χ1v) is 9.59. The number of nitro groups is 1. The van der Waals surface area contributed by atoms with Crippen LogP contribution < -0.4 is 9.64 Å². The zero-order valence-electron chi connectivity index (χ0n) is 16.1. The molecule has 1 N–H and O–H groups in total. The molecular weight excluding hydrogens is 372 g/mol. The lowest BCUT2D eigenvalue weighted by Crippen LogP contribution is -2.48. The van der Waals surface area contributed by atoms with Gasteiger partial charge in [0.25, 0.3) is 11.6 Å². The van der Waals surface area contributed by atoms with Crippen LogP contribution in [-0.4, -0.2) is 53.5 Å². The van der Waals surface area contributed by atoms with Gasteiger partial charge < -0.3 is 19.5 Å². The van der Waals surface area contributed by atoms with E-state index in [1.807, 2.05) is 36.1 Å². The largest absolute Gasteiger partial charge is 0.494 e. The minimum Gasteiger partial charge on any atom is -0.494 e. The van der Waals surface area contributed by atoms with Crippen LogP contribution >= 0.6 is 0 Å². The molecule has 150 valence electrons. The molecule has 0 spiro atoms. The molecule has 1 saturated heterocycles. The molecule has 0 unspecified atom stereocenters. The van der Waals surface area contributed by atoms with Gasteiger partial charge in [-0.1, -0.05) is 0 Å². The number of hydrogen-bond acceptors (Lipinski definition) is 5. The Labute approximate surface area is 167 Å². The summed E-state index contributed by atoms with van der Waals surface area (Å²) in [5, 5.41) is 11.8. The highest BCUT2D eigenvalue weighted by molar-refractivity contribution is 5.98. The SMILES string of the molecule is CCOc1ccc2cc(C(=O)N3CCN(c4ccc([N+](=O)[O-])cc4)CC3)[nH]c2c1. The van der Waals surface area contributed by atoms with Crippen molar-refractivity contribution in [3.05, 3.63) is 64.3 Å². The fraction of sp³-hybridized carbons (Fsp3) is 0.286. The number of piperazine rings is 1. The predicted molar refractivity (Wildman–Crippen MR) is 111 cm³/mol. The smallest absolute Gasteiger partial charge is 0.270 e. The number of nitro benzene ring substituents is 1. The number of H-pyrrole nitrogens is 1. The van der Waals surface area contributed by atoms with Gasteiger partial charge in [-0.15, -0.1) is 0 Å². The Morgan fingerprint density at radius 3 is 2.48 bits per heavy atom. The fourth-order valence-corrected chi connectivity index (χ4v) is 3.60. The number of rotatable bonds is 5. The third-order valence-corrected chi connectivity index (χ3v) is 5.13. The molecule has 8 heteroatoms. The molecule has 0 atom stereocenters. The summed E-state index contributed by atoms with van der Waals surface area (Å²) in [5.74, 6) is 0.750. The lowest BCUT2D eigenvalue weighted by Gasteiger charge is -2.35. The Bertz CT molecular complexity index is 1040. The quantitative estimate of drug-likeness (QED) is 0.529. The lowest BCUT2D eigenvalue weighted by molar-refractivity contribution is -0.384. The summed E-state index contributed by atoms with van der Waals surface area (Å²) in [6.45, 7) is 5.07. The van der Waals surface area contributed by atoms with E-state index in [0.29, 0.717) is 38.5 Å². The molecule has 2 heterocycles. The van der Waals surface area contributed by atoms with Crippen LogP contribution in [0.1, 0.15) is 17.4 Å². The highest BCUT2D eigenvalue weighted by Crippen LogP contribution is 2.24. The fourth-order valence-electron chi connectivity index (χ4n) is 3.60. The van der Waals surface area contributed by atoms with Gasteiger partial charge in [0.2, 0.25) is 0 Å². The Morgan fingerprint density at radius 1 is 1.10 bits per heavy atom. The Morgan fingerprint density at radius 2 is 1.83 bits per heavy atom. The summed E-state index contributed by atoms with van der Waals surface area (Å²) in [6, 6.07) is 14.1. The molecule has 1 fully saturated rings. The maximum atomic E-state index is 12.9. The van der Waals surface area contributed by atoms with E-state index in [0.717, 1.165) is 22.3 Å². The number of non-ortho nitro benzene ring substituents is 1. The maximum absolute atomic E-state index is 12.9. The molecule has 0 bridgehead atoms. The van der Waals surface area contributed by atoms with Crippen molar-refractivity contribution in [3.63, 3.8) is 0 Å². The Hall–Kier alpha value is -3.55. The number of nitrogens with one attached hydrogen (secondary N) is 1. The number of anilines is 1. The topological polar surface area (TPSA) is 91.7 Å². The molecule has 4 rings (SSSR count). The van der Waals surface area contributed by atoms with Gasteiger partial charge in [-0.3, -0.25) is 14.9 Å². The number of hydrogen-bond donors (Lipinski definition) is 1. The molecule has 29 heavy (non-hydrogen) atoms. The number of nitrogens with zero attached hydrogens (tertiary/aromatic N) is 3. The van der Waals surface area contributed by atoms with Crippen molar-refractivity contribution in [2.24, 2.45) is 0 Å². The number of carbonyl (C=O) groups is 1. The van der Waals surface area contributed by atoms with Crippen molar-refractivity contribution in [2.45, 2.75) is 6.92 Å². The summed E-state index contributed by atoms with van der Waals surface area (Å²) < 4.78 is 5.52. The van der Waals surface area contributed by atoms with Crippen LogP contribution in [0.3, 0.4) is 0 Å². The molecule has 0 radical (unpaired) electrons. The van der Waals surface area contributed by atoms with Crippen molar-refractivity contribution >= 4 is 28.2 Å². The van der Waals surface area contributed by atoms with Gasteiger partial charge in [0.1, 0.15) is 11.4 Å². The van der Waals surface area contributed by atoms with Crippen LogP contribution in [0, 0.1) is 10.1 Å². The van der Waals surface area contributed by atoms with Crippen LogP contribution in [0.25, 0.3) is 10.9 Å². The molecule has 1 aliphatic heterocycles. The van der Waals surface area contributed by atoms with Gasteiger partial charge in [0.15, 0.2) is 0 Å². The van der Waals surface area contributed by atoms with Crippen LogP contribution in [0.15, 0.2) is 48.5 Å². The average molecular weight is 394 g/mol. The van der Waals surface area contributed by atoms with Gasteiger partial charge in [-0.2, -0.15) is 0 Å². The molecular formula is C21H22N4O4. The molecule has 3 aromatic rings. The third kappa shape index (κ3) is 3.87. The normalized spacial score (nSPS) is 14.2. The average Bonchev–Trinajstić information content (AvgIpc) is 3.17. The number of carbonyl (C=O) groups excluding carboxylic acids is 1. The Kier molecular flexibility index (Phi) is 5.07. The molecule has 2 aromatic carbocycles. The number of aromatic nitrogens is 1. The van der Waals surface area contributed by atoms with Crippen molar-refractivity contribution in [3.8, 4) is 5.75 Å². The zero-order chi connectivity index (χ0) is 20.4. The first-order chi connectivity index (χ1) is 14.0. The van der Waals surface area contributed by atoms with Gasteiger partial charge >= 0.3 is 0 Å². The Balaban J connectivity index is 1.42. The van der Waals surface area contributed by atoms with Gasteiger partial charge in [-0.05, 0) is 37.3 Å². The first kappa shape index (κ1) is 18.8. The van der Waals surface area contributed by atoms with E-state index in [2.05, 4.69) is 9.88 Å². The second kappa shape index (κ2) is 7.83. The molecule has 8 nitrogen and oxygen atoms in total. The van der Waals surface area contributed by atoms with Crippen LogP contribution in [0.4, 0.5) is 11.4 Å². The number of fused-ring (bicyclic) bond motifs is 1. The number of benzene rings is 2. The van der Waals surface area contributed by atoms with Gasteiger partial charge in [0.05, 0.1) is 11.5 Å². The monoisotopic (exact) mass is 394 g/mol. The van der Waals surface area contributed by atoms with E-state index in [4.69, 9.17) is 4.74 Å². The lowest BCUT2D eigenvalue weighted by atomic mass is 10.2. The number of amides is 1. The molecule has 0 aliphatic carbocycles. The second-order valence-electron chi connectivity index (χ2n) is 6.92. The highest BCUT2D eigenvalue weighted by atomic mass is 16.6. The third-order valence-electron chi connectivity index (χ3n) is 5.13. The minimum absolute atomic E-state index is 0.0255. The summed E-state index contributed by atoms with van der Waals surface area (Å²) in [7, 11) is 0. The van der Waals surface area contributed by atoms with Crippen LogP contribution in [0.2, 0.25) is 0 Å². The van der Waals surface area contributed by atoms with E-state index in [1.54, 1.807) is 12.1 Å². The summed E-state index contributed by atoms with van der Waals surface area (Å²) >= 11 is 0. The van der Waals surface area contributed by atoms with Gasteiger partial charge in [0, 0.05) is 61.0 Å². The van der Waals surface area contributed by atoms with Crippen molar-refractivity contribution in [1.29, 1.82) is 0 Å². The van der Waals surface area contributed by atoms with Crippen molar-refractivity contribution in [2.75, 3.05) is 37.7 Å².